The van der Waals surface area contributed by atoms with Crippen LogP contribution in [0.1, 0.15) is 24.0 Å². The SMILES string of the molecule is O=C1CC2(CCc3ccccc3C2)N1S(=O)(=O)Cl. The van der Waals surface area contributed by atoms with Crippen molar-refractivity contribution in [1.29, 1.82) is 0 Å². The van der Waals surface area contributed by atoms with Crippen LogP contribution in [0.15, 0.2) is 24.3 Å². The Morgan fingerprint density at radius 2 is 1.83 bits per heavy atom. The minimum Gasteiger partial charge on any atom is -0.274 e. The maximum atomic E-state index is 11.5. The maximum Gasteiger partial charge on any atom is 0.324 e. The van der Waals surface area contributed by atoms with Crippen LogP contribution in [0.4, 0.5) is 0 Å². The number of aryl methyl sites for hydroxylation is 1. The molecule has 96 valence electrons. The van der Waals surface area contributed by atoms with Gasteiger partial charge in [0.25, 0.3) is 0 Å². The Morgan fingerprint density at radius 1 is 1.17 bits per heavy atom. The van der Waals surface area contributed by atoms with E-state index >= 15 is 0 Å². The number of halogens is 1. The Kier molecular flexibility index (Phi) is 2.47. The topological polar surface area (TPSA) is 54.5 Å². The Morgan fingerprint density at radius 3 is 2.44 bits per heavy atom. The van der Waals surface area contributed by atoms with Gasteiger partial charge in [-0.1, -0.05) is 24.3 Å². The summed E-state index contributed by atoms with van der Waals surface area (Å²) in [6, 6.07) is 7.93. The minimum atomic E-state index is -3.97. The fourth-order valence-electron chi connectivity index (χ4n) is 3.06. The predicted molar refractivity (Wildman–Crippen MR) is 67.4 cm³/mol. The molecule has 1 heterocycles. The van der Waals surface area contributed by atoms with Gasteiger partial charge < -0.3 is 0 Å². The lowest BCUT2D eigenvalue weighted by molar-refractivity contribution is -0.145. The van der Waals surface area contributed by atoms with Gasteiger partial charge in [-0.25, -0.2) is 4.31 Å². The summed E-state index contributed by atoms with van der Waals surface area (Å²) in [6.07, 6.45) is 2.28. The van der Waals surface area contributed by atoms with Crippen LogP contribution >= 0.6 is 10.7 Å². The first-order valence-electron chi connectivity index (χ1n) is 5.77. The van der Waals surface area contributed by atoms with Crippen molar-refractivity contribution in [3.8, 4) is 0 Å². The maximum absolute atomic E-state index is 11.5. The van der Waals surface area contributed by atoms with E-state index in [0.29, 0.717) is 12.8 Å². The van der Waals surface area contributed by atoms with Crippen molar-refractivity contribution in [3.05, 3.63) is 35.4 Å². The molecule has 0 N–H and O–H groups in total. The lowest BCUT2D eigenvalue weighted by Crippen LogP contribution is -2.66. The number of nitrogens with zero attached hydrogens (tertiary/aromatic N) is 1. The van der Waals surface area contributed by atoms with E-state index in [2.05, 4.69) is 0 Å². The summed E-state index contributed by atoms with van der Waals surface area (Å²) in [4.78, 5) is 11.5. The summed E-state index contributed by atoms with van der Waals surface area (Å²) in [5.41, 5.74) is 1.72. The van der Waals surface area contributed by atoms with E-state index in [9.17, 15) is 13.2 Å². The van der Waals surface area contributed by atoms with Gasteiger partial charge in [-0.3, -0.25) is 4.79 Å². The highest BCUT2D eigenvalue weighted by atomic mass is 35.7. The molecule has 1 atom stereocenters. The predicted octanol–water partition coefficient (Wildman–Crippen LogP) is 1.63. The highest BCUT2D eigenvalue weighted by Crippen LogP contribution is 2.45. The number of benzene rings is 1. The van der Waals surface area contributed by atoms with Gasteiger partial charge >= 0.3 is 9.24 Å². The van der Waals surface area contributed by atoms with Crippen LogP contribution in [0.2, 0.25) is 0 Å². The molecule has 0 radical (unpaired) electrons. The van der Waals surface area contributed by atoms with E-state index in [-0.39, 0.29) is 6.42 Å². The second-order valence-corrected chi connectivity index (χ2v) is 7.31. The molecule has 2 aliphatic rings. The van der Waals surface area contributed by atoms with E-state index in [1.165, 1.54) is 5.56 Å². The molecule has 1 fully saturated rings. The van der Waals surface area contributed by atoms with Gasteiger partial charge in [0.05, 0.1) is 12.0 Å². The third-order valence-corrected chi connectivity index (χ3v) is 5.29. The summed E-state index contributed by atoms with van der Waals surface area (Å²) < 4.78 is 23.8. The van der Waals surface area contributed by atoms with Crippen molar-refractivity contribution in [2.45, 2.75) is 31.2 Å². The smallest absolute Gasteiger partial charge is 0.274 e. The second kappa shape index (κ2) is 3.71. The third-order valence-electron chi connectivity index (χ3n) is 3.85. The van der Waals surface area contributed by atoms with E-state index in [4.69, 9.17) is 10.7 Å². The van der Waals surface area contributed by atoms with Crippen LogP contribution in [0, 0.1) is 0 Å². The molecule has 1 saturated heterocycles. The molecule has 0 saturated carbocycles. The normalized spacial score (nSPS) is 26.9. The number of hydrogen-bond acceptors (Lipinski definition) is 3. The van der Waals surface area contributed by atoms with Crippen molar-refractivity contribution in [2.24, 2.45) is 0 Å². The second-order valence-electron chi connectivity index (χ2n) is 4.95. The molecule has 3 rings (SSSR count). The van der Waals surface area contributed by atoms with Gasteiger partial charge in [0.2, 0.25) is 5.91 Å². The summed E-state index contributed by atoms with van der Waals surface area (Å²) in [7, 11) is 1.39. The number of hydrogen-bond donors (Lipinski definition) is 0. The molecule has 4 nitrogen and oxygen atoms in total. The number of carbonyl (C=O) groups is 1. The fraction of sp³-hybridized carbons (Fsp3) is 0.417. The minimum absolute atomic E-state index is 0.271. The highest BCUT2D eigenvalue weighted by molar-refractivity contribution is 8.12. The van der Waals surface area contributed by atoms with Crippen LogP contribution in [-0.4, -0.2) is 24.2 Å². The number of carbonyl (C=O) groups excluding carboxylic acids is 1. The molecule has 1 aromatic carbocycles. The van der Waals surface area contributed by atoms with E-state index < -0.39 is 20.7 Å². The molecule has 1 aromatic rings. The van der Waals surface area contributed by atoms with Crippen LogP contribution < -0.4 is 0 Å². The molecule has 1 amide bonds. The molecule has 0 aromatic heterocycles. The highest BCUT2D eigenvalue weighted by Gasteiger charge is 2.57. The quantitative estimate of drug-likeness (QED) is 0.582. The zero-order valence-electron chi connectivity index (χ0n) is 9.60. The summed E-state index contributed by atoms with van der Waals surface area (Å²) >= 11 is 0. The van der Waals surface area contributed by atoms with Crippen LogP contribution in [0.3, 0.4) is 0 Å². The first-order valence-corrected chi connectivity index (χ1v) is 8.04. The van der Waals surface area contributed by atoms with Gasteiger partial charge in [0, 0.05) is 10.7 Å². The number of fused-ring (bicyclic) bond motifs is 1. The molecule has 0 bridgehead atoms. The van der Waals surface area contributed by atoms with Crippen LogP contribution in [-0.2, 0) is 26.9 Å². The van der Waals surface area contributed by atoms with Crippen molar-refractivity contribution in [3.63, 3.8) is 0 Å². The first kappa shape index (κ1) is 12.0. The van der Waals surface area contributed by atoms with E-state index in [1.54, 1.807) is 0 Å². The largest absolute Gasteiger partial charge is 0.324 e. The zero-order chi connectivity index (χ0) is 13.0. The first-order chi connectivity index (χ1) is 8.42. The Hall–Kier alpha value is -1.07. The monoisotopic (exact) mass is 285 g/mol. The molecule has 6 heteroatoms. The van der Waals surface area contributed by atoms with Crippen molar-refractivity contribution in [1.82, 2.24) is 4.31 Å². The summed E-state index contributed by atoms with van der Waals surface area (Å²) in [6.45, 7) is 0. The molecule has 1 spiro atoms. The molecular formula is C12H12ClNO3S. The van der Waals surface area contributed by atoms with Gasteiger partial charge in [-0.05, 0) is 30.4 Å². The van der Waals surface area contributed by atoms with Gasteiger partial charge in [0.1, 0.15) is 0 Å². The molecule has 1 aliphatic heterocycles. The van der Waals surface area contributed by atoms with Crippen molar-refractivity contribution >= 4 is 25.8 Å². The summed E-state index contributed by atoms with van der Waals surface area (Å²) in [5.74, 6) is -0.399. The number of amides is 1. The van der Waals surface area contributed by atoms with Crippen molar-refractivity contribution < 1.29 is 13.2 Å². The molecular weight excluding hydrogens is 274 g/mol. The Bertz CT molecular complexity index is 628. The van der Waals surface area contributed by atoms with Crippen LogP contribution in [0.5, 0.6) is 0 Å². The lowest BCUT2D eigenvalue weighted by atomic mass is 9.72. The number of β-lactam (4-membered cyclic amide) rings is 1. The number of rotatable bonds is 1. The van der Waals surface area contributed by atoms with Crippen LogP contribution in [0.25, 0.3) is 0 Å². The standard InChI is InChI=1S/C12H12ClNO3S/c13-18(16,17)14-11(15)8-12(14)6-5-9-3-1-2-4-10(9)7-12/h1-4H,5-8H2. The average Bonchev–Trinajstić information content (AvgIpc) is 2.25. The molecule has 1 unspecified atom stereocenters. The van der Waals surface area contributed by atoms with Gasteiger partial charge in [-0.15, -0.1) is 0 Å². The van der Waals surface area contributed by atoms with Crippen molar-refractivity contribution in [2.75, 3.05) is 0 Å². The van der Waals surface area contributed by atoms with E-state index in [1.807, 2.05) is 24.3 Å². The lowest BCUT2D eigenvalue weighted by Gasteiger charge is -2.51. The Labute approximate surface area is 110 Å². The molecule has 1 aliphatic carbocycles. The Balaban J connectivity index is 1.99. The van der Waals surface area contributed by atoms with Gasteiger partial charge in [0.15, 0.2) is 0 Å². The summed E-state index contributed by atoms with van der Waals surface area (Å²) in [5, 5.41) is 0. The van der Waals surface area contributed by atoms with Gasteiger partial charge in [-0.2, -0.15) is 8.42 Å². The van der Waals surface area contributed by atoms with E-state index in [0.717, 1.165) is 16.3 Å². The fourth-order valence-corrected chi connectivity index (χ4v) is 4.72. The zero-order valence-corrected chi connectivity index (χ0v) is 11.2. The molecule has 18 heavy (non-hydrogen) atoms. The third kappa shape index (κ3) is 1.65. The average molecular weight is 286 g/mol.